The molecule has 0 N–H and O–H groups in total. The van der Waals surface area contributed by atoms with Crippen LogP contribution in [0.15, 0.2) is 148 Å². The van der Waals surface area contributed by atoms with Crippen LogP contribution in [0.5, 0.6) is 0 Å². The monoisotopic (exact) mass is 410 g/mol. The minimum Gasteiger partial charge on any atom is -0.386 e. The predicted octanol–water partition coefficient (Wildman–Crippen LogP) is 7.58. The van der Waals surface area contributed by atoms with Crippen molar-refractivity contribution in [1.82, 2.24) is 0 Å². The Morgan fingerprint density at radius 1 is 0.517 bits per heavy atom. The van der Waals surface area contributed by atoms with Crippen LogP contribution in [0.1, 0.15) is 0 Å². The first-order chi connectivity index (χ1) is 14.0. The summed E-state index contributed by atoms with van der Waals surface area (Å²) in [5.74, 6) is 0.582. The minimum absolute atomic E-state index is 0.194. The Labute approximate surface area is 174 Å². The molecule has 0 atom stereocenters. The molecule has 0 heterocycles. The highest BCUT2D eigenvalue weighted by atomic mass is 31.2. The van der Waals surface area contributed by atoms with Crippen LogP contribution in [-0.4, -0.2) is 0 Å². The molecule has 0 aromatic carbocycles. The lowest BCUT2D eigenvalue weighted by molar-refractivity contribution is 0.205. The van der Waals surface area contributed by atoms with Crippen LogP contribution in [0.4, 0.5) is 0 Å². The van der Waals surface area contributed by atoms with Crippen molar-refractivity contribution in [3.8, 4) is 0 Å². The highest BCUT2D eigenvalue weighted by molar-refractivity contribution is 7.48. The topological polar surface area (TPSA) is 44.8 Å². The van der Waals surface area contributed by atoms with Crippen molar-refractivity contribution in [2.75, 3.05) is 0 Å². The summed E-state index contributed by atoms with van der Waals surface area (Å²) in [6, 6.07) is 0. The Kier molecular flexibility index (Phi) is 13.7. The van der Waals surface area contributed by atoms with E-state index in [4.69, 9.17) is 13.6 Å². The van der Waals surface area contributed by atoms with Crippen molar-refractivity contribution in [3.63, 3.8) is 0 Å². The molecule has 0 fully saturated rings. The number of phosphoric ester groups is 1. The van der Waals surface area contributed by atoms with E-state index in [0.29, 0.717) is 0 Å². The molecule has 0 unspecified atom stereocenters. The van der Waals surface area contributed by atoms with E-state index in [1.807, 2.05) is 0 Å². The van der Waals surface area contributed by atoms with Gasteiger partial charge in [0.2, 0.25) is 0 Å². The van der Waals surface area contributed by atoms with E-state index >= 15 is 0 Å². The van der Waals surface area contributed by atoms with Gasteiger partial charge in [0.15, 0.2) is 0 Å². The molecule has 0 amide bonds. The SMILES string of the molecule is C=C/C=C\C(=C/C=C)OP(=O)(OC(/C=C\C=C)=C/C=C)OC(/C=C\C=C)=C/C=C. The van der Waals surface area contributed by atoms with Crippen LogP contribution in [-0.2, 0) is 18.1 Å². The summed E-state index contributed by atoms with van der Waals surface area (Å²) >= 11 is 0. The highest BCUT2D eigenvalue weighted by Crippen LogP contribution is 2.55. The third-order valence-electron chi connectivity index (χ3n) is 2.69. The maximum absolute atomic E-state index is 13.5. The van der Waals surface area contributed by atoms with Crippen molar-refractivity contribution in [2.45, 2.75) is 0 Å². The number of hydrogen-bond donors (Lipinski definition) is 0. The van der Waals surface area contributed by atoms with E-state index in [1.165, 1.54) is 36.5 Å². The van der Waals surface area contributed by atoms with E-state index < -0.39 is 7.82 Å². The maximum atomic E-state index is 13.5. The molecular formula is C24H27O4P. The van der Waals surface area contributed by atoms with E-state index in [1.54, 1.807) is 54.7 Å². The van der Waals surface area contributed by atoms with Gasteiger partial charge in [0, 0.05) is 0 Å². The summed E-state index contributed by atoms with van der Waals surface area (Å²) in [7, 11) is -4.20. The average Bonchev–Trinajstić information content (AvgIpc) is 2.69. The van der Waals surface area contributed by atoms with Gasteiger partial charge in [0.05, 0.1) is 0 Å². The van der Waals surface area contributed by atoms with Gasteiger partial charge in [-0.25, -0.2) is 0 Å². The third kappa shape index (κ3) is 11.8. The lowest BCUT2D eigenvalue weighted by Crippen LogP contribution is -1.99. The number of hydrogen-bond acceptors (Lipinski definition) is 4. The lowest BCUT2D eigenvalue weighted by atomic mass is 10.4. The van der Waals surface area contributed by atoms with Gasteiger partial charge in [-0.05, 0) is 36.5 Å². The van der Waals surface area contributed by atoms with Gasteiger partial charge in [0.1, 0.15) is 17.3 Å². The molecule has 0 spiro atoms. The second-order valence-electron chi connectivity index (χ2n) is 4.92. The number of rotatable bonds is 15. The summed E-state index contributed by atoms with van der Waals surface area (Å²) in [4.78, 5) is 0. The standard InChI is InChI=1S/C24H27O4P/c1-7-13-19-22(16-10-4)26-29(25,27-23(17-11-5)20-14-8-2)28-24(18-12-6)21-15-9-3/h7-21H,1-6H2/b19-13-,20-14-,21-15-,22-16+,23-17+,24-18+. The molecule has 152 valence electrons. The first kappa shape index (κ1) is 25.5. The van der Waals surface area contributed by atoms with Gasteiger partial charge < -0.3 is 13.6 Å². The van der Waals surface area contributed by atoms with Crippen molar-refractivity contribution < 1.29 is 18.1 Å². The smallest absolute Gasteiger partial charge is 0.386 e. The van der Waals surface area contributed by atoms with Crippen LogP contribution in [0, 0.1) is 0 Å². The summed E-state index contributed by atoms with van der Waals surface area (Å²) in [5, 5.41) is 0. The van der Waals surface area contributed by atoms with Gasteiger partial charge in [-0.1, -0.05) is 94.2 Å². The Morgan fingerprint density at radius 3 is 1.00 bits per heavy atom. The Bertz CT molecular complexity index is 724. The van der Waals surface area contributed by atoms with Crippen LogP contribution in [0.2, 0.25) is 0 Å². The zero-order chi connectivity index (χ0) is 22.0. The molecule has 0 aromatic heterocycles. The first-order valence-corrected chi connectivity index (χ1v) is 9.98. The molecule has 0 saturated carbocycles. The molecule has 0 aliphatic rings. The zero-order valence-corrected chi connectivity index (χ0v) is 17.4. The van der Waals surface area contributed by atoms with Crippen LogP contribution in [0.3, 0.4) is 0 Å². The minimum atomic E-state index is -4.20. The average molecular weight is 410 g/mol. The van der Waals surface area contributed by atoms with Crippen molar-refractivity contribution >= 4 is 7.82 Å². The summed E-state index contributed by atoms with van der Waals surface area (Å²) in [6.45, 7) is 21.7. The van der Waals surface area contributed by atoms with E-state index in [0.717, 1.165) is 0 Å². The molecule has 0 rings (SSSR count). The molecule has 0 aliphatic carbocycles. The van der Waals surface area contributed by atoms with E-state index in [2.05, 4.69) is 39.5 Å². The Balaban J connectivity index is 6.20. The molecule has 4 nitrogen and oxygen atoms in total. The Hall–Kier alpha value is -3.49. The molecule has 0 bridgehead atoms. The number of allylic oxidation sites excluding steroid dienone is 15. The molecule has 29 heavy (non-hydrogen) atoms. The molecule has 5 heteroatoms. The normalized spacial score (nSPS) is 13.3. The summed E-state index contributed by atoms with van der Waals surface area (Å²) < 4.78 is 30.3. The van der Waals surface area contributed by atoms with Crippen molar-refractivity contribution in [3.05, 3.63) is 148 Å². The highest BCUT2D eigenvalue weighted by Gasteiger charge is 2.34. The van der Waals surface area contributed by atoms with E-state index in [9.17, 15) is 4.57 Å². The van der Waals surface area contributed by atoms with Crippen molar-refractivity contribution in [1.29, 1.82) is 0 Å². The molecule has 0 aliphatic heterocycles. The summed E-state index contributed by atoms with van der Waals surface area (Å²) in [6.07, 6.45) is 23.0. The second kappa shape index (κ2) is 15.6. The van der Waals surface area contributed by atoms with Gasteiger partial charge in [-0.2, -0.15) is 4.57 Å². The van der Waals surface area contributed by atoms with Crippen molar-refractivity contribution in [2.24, 2.45) is 0 Å². The Morgan fingerprint density at radius 2 is 0.793 bits per heavy atom. The predicted molar refractivity (Wildman–Crippen MR) is 124 cm³/mol. The van der Waals surface area contributed by atoms with Gasteiger partial charge in [-0.3, -0.25) is 0 Å². The fourth-order valence-electron chi connectivity index (χ4n) is 1.63. The van der Waals surface area contributed by atoms with Crippen LogP contribution < -0.4 is 0 Å². The van der Waals surface area contributed by atoms with E-state index in [-0.39, 0.29) is 17.3 Å². The number of phosphoric acid groups is 1. The fraction of sp³-hybridized carbons (Fsp3) is 0. The third-order valence-corrected chi connectivity index (χ3v) is 3.99. The molecule has 0 saturated heterocycles. The first-order valence-electron chi connectivity index (χ1n) is 8.52. The lowest BCUT2D eigenvalue weighted by Gasteiger charge is -2.20. The quantitative estimate of drug-likeness (QED) is 0.159. The second-order valence-corrected chi connectivity index (χ2v) is 6.36. The van der Waals surface area contributed by atoms with Gasteiger partial charge >= 0.3 is 7.82 Å². The van der Waals surface area contributed by atoms with Gasteiger partial charge in [0.25, 0.3) is 0 Å². The molecule has 0 aromatic rings. The molecular weight excluding hydrogens is 383 g/mol. The summed E-state index contributed by atoms with van der Waals surface area (Å²) in [5.41, 5.74) is 0. The van der Waals surface area contributed by atoms with Crippen LogP contribution in [0.25, 0.3) is 0 Å². The van der Waals surface area contributed by atoms with Gasteiger partial charge in [-0.15, -0.1) is 0 Å². The molecule has 0 radical (unpaired) electrons. The fourth-order valence-corrected chi connectivity index (χ4v) is 2.88. The zero-order valence-electron chi connectivity index (χ0n) is 16.5. The van der Waals surface area contributed by atoms with Crippen LogP contribution >= 0.6 is 7.82 Å². The largest absolute Gasteiger partial charge is 0.647 e. The maximum Gasteiger partial charge on any atom is 0.647 e.